The molecule has 0 bridgehead atoms. The van der Waals surface area contributed by atoms with Crippen LogP contribution in [0.2, 0.25) is 0 Å². The third-order valence-electron chi connectivity index (χ3n) is 3.33. The van der Waals surface area contributed by atoms with Crippen molar-refractivity contribution in [1.29, 1.82) is 0 Å². The van der Waals surface area contributed by atoms with Gasteiger partial charge in [0.15, 0.2) is 0 Å². The normalized spacial score (nSPS) is 12.0. The van der Waals surface area contributed by atoms with Gasteiger partial charge in [0.2, 0.25) is 11.6 Å². The Morgan fingerprint density at radius 1 is 1.38 bits per heavy atom. The van der Waals surface area contributed by atoms with Crippen LogP contribution in [-0.4, -0.2) is 46.9 Å². The van der Waals surface area contributed by atoms with Gasteiger partial charge in [-0.25, -0.2) is 9.78 Å². The average molecular weight is 333 g/mol. The second-order valence-electron chi connectivity index (χ2n) is 5.32. The van der Waals surface area contributed by atoms with E-state index < -0.39 is 12.1 Å². The fourth-order valence-electron chi connectivity index (χ4n) is 1.96. The number of nitrogens with two attached hydrogens (primary N) is 1. The molecule has 1 aromatic carbocycles. The number of ether oxygens (including phenoxy) is 2. The van der Waals surface area contributed by atoms with Crippen LogP contribution in [0.1, 0.15) is 30.3 Å². The third-order valence-corrected chi connectivity index (χ3v) is 3.33. The molecule has 0 fully saturated rings. The molecule has 0 saturated carbocycles. The minimum absolute atomic E-state index is 0.0395. The zero-order chi connectivity index (χ0) is 17.4. The van der Waals surface area contributed by atoms with Gasteiger partial charge in [0.1, 0.15) is 18.5 Å². The molecule has 130 valence electrons. The Morgan fingerprint density at radius 3 is 2.79 bits per heavy atom. The number of aliphatic hydroxyl groups is 1. The molecule has 1 heterocycles. The first-order valence-corrected chi connectivity index (χ1v) is 7.99. The number of aromatic amines is 1. The Kier molecular flexibility index (Phi) is 6.77. The maximum absolute atomic E-state index is 12.2. The SMILES string of the molecule is CCCCOC(=O)c1nc(-c2ccccc2)[nH]c1OCC(O)CN. The number of rotatable bonds is 9. The van der Waals surface area contributed by atoms with E-state index in [0.717, 1.165) is 18.4 Å². The van der Waals surface area contributed by atoms with Crippen LogP contribution < -0.4 is 10.5 Å². The lowest BCUT2D eigenvalue weighted by molar-refractivity contribution is 0.0483. The third kappa shape index (κ3) is 4.81. The summed E-state index contributed by atoms with van der Waals surface area (Å²) >= 11 is 0. The van der Waals surface area contributed by atoms with Crippen LogP contribution in [-0.2, 0) is 4.74 Å². The van der Waals surface area contributed by atoms with Crippen molar-refractivity contribution in [2.24, 2.45) is 5.73 Å². The number of esters is 1. The molecular weight excluding hydrogens is 310 g/mol. The first-order valence-electron chi connectivity index (χ1n) is 7.99. The monoisotopic (exact) mass is 333 g/mol. The lowest BCUT2D eigenvalue weighted by Crippen LogP contribution is -2.27. The van der Waals surface area contributed by atoms with Crippen molar-refractivity contribution in [3.63, 3.8) is 0 Å². The van der Waals surface area contributed by atoms with Gasteiger partial charge in [-0.1, -0.05) is 43.7 Å². The van der Waals surface area contributed by atoms with Crippen molar-refractivity contribution < 1.29 is 19.4 Å². The standard InChI is InChI=1S/C17H23N3O4/c1-2-3-9-23-17(22)14-16(24-11-13(21)10-18)20-15(19-14)12-7-5-4-6-8-12/h4-8,13,21H,2-3,9-11,18H2,1H3,(H,19,20). The van der Waals surface area contributed by atoms with Gasteiger partial charge in [-0.3, -0.25) is 0 Å². The predicted molar refractivity (Wildman–Crippen MR) is 89.8 cm³/mol. The van der Waals surface area contributed by atoms with E-state index in [2.05, 4.69) is 9.97 Å². The van der Waals surface area contributed by atoms with Gasteiger partial charge < -0.3 is 25.3 Å². The number of nitrogens with zero attached hydrogens (tertiary/aromatic N) is 1. The highest BCUT2D eigenvalue weighted by Gasteiger charge is 2.22. The molecule has 0 spiro atoms. The maximum Gasteiger partial charge on any atom is 0.362 e. The minimum atomic E-state index is -0.822. The van der Waals surface area contributed by atoms with Gasteiger partial charge >= 0.3 is 5.97 Å². The van der Waals surface area contributed by atoms with E-state index in [1.165, 1.54) is 0 Å². The highest BCUT2D eigenvalue weighted by Crippen LogP contribution is 2.24. The second kappa shape index (κ2) is 9.05. The van der Waals surface area contributed by atoms with Gasteiger partial charge in [-0.05, 0) is 6.42 Å². The first kappa shape index (κ1) is 18.0. The van der Waals surface area contributed by atoms with E-state index in [9.17, 15) is 9.90 Å². The Bertz CT molecular complexity index is 643. The summed E-state index contributed by atoms with van der Waals surface area (Å²) in [5.74, 6) is 0.109. The van der Waals surface area contributed by atoms with E-state index in [1.807, 2.05) is 37.3 Å². The van der Waals surface area contributed by atoms with Crippen LogP contribution in [0.25, 0.3) is 11.4 Å². The number of nitrogens with one attached hydrogen (secondary N) is 1. The highest BCUT2D eigenvalue weighted by atomic mass is 16.5. The summed E-state index contributed by atoms with van der Waals surface area (Å²) in [4.78, 5) is 19.5. The van der Waals surface area contributed by atoms with Crippen molar-refractivity contribution in [3.8, 4) is 17.3 Å². The molecule has 4 N–H and O–H groups in total. The van der Waals surface area contributed by atoms with Gasteiger partial charge in [0.05, 0.1) is 6.61 Å². The average Bonchev–Trinajstić information content (AvgIpc) is 3.05. The molecule has 0 aliphatic carbocycles. The number of aliphatic hydroxyl groups excluding tert-OH is 1. The smallest absolute Gasteiger partial charge is 0.362 e. The van der Waals surface area contributed by atoms with E-state index in [1.54, 1.807) is 0 Å². The van der Waals surface area contributed by atoms with Gasteiger partial charge in [0, 0.05) is 12.1 Å². The molecule has 2 aromatic rings. The van der Waals surface area contributed by atoms with Crippen LogP contribution >= 0.6 is 0 Å². The van der Waals surface area contributed by atoms with Crippen LogP contribution in [0.3, 0.4) is 0 Å². The lowest BCUT2D eigenvalue weighted by atomic mass is 10.2. The summed E-state index contributed by atoms with van der Waals surface area (Å²) < 4.78 is 10.7. The Labute approximate surface area is 140 Å². The summed E-state index contributed by atoms with van der Waals surface area (Å²) in [6, 6.07) is 9.36. The molecule has 2 rings (SSSR count). The molecule has 0 aliphatic heterocycles. The van der Waals surface area contributed by atoms with Crippen LogP contribution in [0, 0.1) is 0 Å². The van der Waals surface area contributed by atoms with Crippen molar-refractivity contribution >= 4 is 5.97 Å². The van der Waals surface area contributed by atoms with Crippen molar-refractivity contribution in [2.45, 2.75) is 25.9 Å². The number of unbranched alkanes of at least 4 members (excludes halogenated alkanes) is 1. The van der Waals surface area contributed by atoms with E-state index in [0.29, 0.717) is 12.4 Å². The summed E-state index contributed by atoms with van der Waals surface area (Å²) in [5.41, 5.74) is 6.24. The molecular formula is C17H23N3O4. The molecule has 1 unspecified atom stereocenters. The molecule has 7 nitrogen and oxygen atoms in total. The number of H-pyrrole nitrogens is 1. The topological polar surface area (TPSA) is 110 Å². The largest absolute Gasteiger partial charge is 0.474 e. The zero-order valence-electron chi connectivity index (χ0n) is 13.7. The van der Waals surface area contributed by atoms with Gasteiger partial charge in [-0.2, -0.15) is 0 Å². The first-order chi connectivity index (χ1) is 11.7. The van der Waals surface area contributed by atoms with Gasteiger partial charge in [0.25, 0.3) is 0 Å². The minimum Gasteiger partial charge on any atom is -0.474 e. The molecule has 1 aromatic heterocycles. The predicted octanol–water partition coefficient (Wildman–Crippen LogP) is 1.73. The highest BCUT2D eigenvalue weighted by molar-refractivity contribution is 5.90. The maximum atomic E-state index is 12.2. The number of imidazole rings is 1. The van der Waals surface area contributed by atoms with Gasteiger partial charge in [-0.15, -0.1) is 0 Å². The van der Waals surface area contributed by atoms with Crippen LogP contribution in [0.15, 0.2) is 30.3 Å². The Morgan fingerprint density at radius 2 is 2.12 bits per heavy atom. The molecule has 0 saturated heterocycles. The number of carbonyl (C=O) groups is 1. The quantitative estimate of drug-likeness (QED) is 0.476. The molecule has 0 radical (unpaired) electrons. The summed E-state index contributed by atoms with van der Waals surface area (Å²) in [5, 5.41) is 9.55. The molecule has 7 heteroatoms. The molecule has 24 heavy (non-hydrogen) atoms. The van der Waals surface area contributed by atoms with Crippen molar-refractivity contribution in [1.82, 2.24) is 9.97 Å². The molecule has 0 amide bonds. The summed E-state index contributed by atoms with van der Waals surface area (Å²) in [7, 11) is 0. The van der Waals surface area contributed by atoms with E-state index >= 15 is 0 Å². The number of benzene rings is 1. The number of carbonyl (C=O) groups excluding carboxylic acids is 1. The number of hydrogen-bond acceptors (Lipinski definition) is 6. The molecule has 0 aliphatic rings. The summed E-state index contributed by atoms with van der Waals surface area (Å²) in [6.45, 7) is 2.37. The second-order valence-corrected chi connectivity index (χ2v) is 5.32. The summed E-state index contributed by atoms with van der Waals surface area (Å²) in [6.07, 6.45) is 0.885. The Balaban J connectivity index is 2.21. The molecule has 1 atom stereocenters. The zero-order valence-corrected chi connectivity index (χ0v) is 13.7. The Hall–Kier alpha value is -2.38. The van der Waals surface area contributed by atoms with Crippen LogP contribution in [0.4, 0.5) is 0 Å². The fourth-order valence-corrected chi connectivity index (χ4v) is 1.96. The fraction of sp³-hybridized carbons (Fsp3) is 0.412. The van der Waals surface area contributed by atoms with Crippen molar-refractivity contribution in [3.05, 3.63) is 36.0 Å². The number of aromatic nitrogens is 2. The van der Waals surface area contributed by atoms with Crippen LogP contribution in [0.5, 0.6) is 5.88 Å². The van der Waals surface area contributed by atoms with Crippen molar-refractivity contribution in [2.75, 3.05) is 19.8 Å². The van der Waals surface area contributed by atoms with E-state index in [-0.39, 0.29) is 24.7 Å². The van der Waals surface area contributed by atoms with E-state index in [4.69, 9.17) is 15.2 Å². The number of hydrogen-bond donors (Lipinski definition) is 3. The lowest BCUT2D eigenvalue weighted by Gasteiger charge is -2.09.